The SMILES string of the molecule is COC(=O)CN[C@@H](c1ccccc1)c1ccccc1C. The fourth-order valence-corrected chi connectivity index (χ4v) is 2.22. The van der Waals surface area contributed by atoms with E-state index in [9.17, 15) is 4.79 Å². The molecule has 20 heavy (non-hydrogen) atoms. The van der Waals surface area contributed by atoms with Gasteiger partial charge >= 0.3 is 5.97 Å². The molecule has 0 aromatic heterocycles. The summed E-state index contributed by atoms with van der Waals surface area (Å²) in [6, 6.07) is 18.3. The van der Waals surface area contributed by atoms with E-state index in [4.69, 9.17) is 4.74 Å². The Morgan fingerprint density at radius 3 is 2.40 bits per heavy atom. The van der Waals surface area contributed by atoms with E-state index in [0.717, 1.165) is 5.56 Å². The second kappa shape index (κ2) is 6.87. The topological polar surface area (TPSA) is 38.3 Å². The van der Waals surface area contributed by atoms with Crippen LogP contribution in [0.3, 0.4) is 0 Å². The highest BCUT2D eigenvalue weighted by atomic mass is 16.5. The van der Waals surface area contributed by atoms with Gasteiger partial charge in [0.25, 0.3) is 0 Å². The second-order valence-corrected chi connectivity index (χ2v) is 4.66. The van der Waals surface area contributed by atoms with Crippen LogP contribution >= 0.6 is 0 Å². The summed E-state index contributed by atoms with van der Waals surface area (Å²) in [7, 11) is 1.40. The first-order valence-corrected chi connectivity index (χ1v) is 6.63. The molecule has 0 heterocycles. The van der Waals surface area contributed by atoms with Crippen molar-refractivity contribution in [3.05, 3.63) is 71.3 Å². The van der Waals surface area contributed by atoms with Gasteiger partial charge in [-0.1, -0.05) is 54.6 Å². The Bertz CT molecular complexity index is 566. The van der Waals surface area contributed by atoms with Crippen LogP contribution in [0.4, 0.5) is 0 Å². The summed E-state index contributed by atoms with van der Waals surface area (Å²) in [5, 5.41) is 3.27. The van der Waals surface area contributed by atoms with Crippen LogP contribution in [0.2, 0.25) is 0 Å². The van der Waals surface area contributed by atoms with Crippen molar-refractivity contribution in [2.75, 3.05) is 13.7 Å². The molecule has 0 radical (unpaired) electrons. The van der Waals surface area contributed by atoms with Gasteiger partial charge in [0.15, 0.2) is 0 Å². The quantitative estimate of drug-likeness (QED) is 0.848. The summed E-state index contributed by atoms with van der Waals surface area (Å²) in [4.78, 5) is 11.4. The lowest BCUT2D eigenvalue weighted by atomic mass is 9.95. The molecule has 0 fully saturated rings. The Balaban J connectivity index is 2.30. The first-order chi connectivity index (χ1) is 9.72. The Morgan fingerprint density at radius 2 is 1.75 bits per heavy atom. The first-order valence-electron chi connectivity index (χ1n) is 6.63. The van der Waals surface area contributed by atoms with Crippen molar-refractivity contribution in [3.8, 4) is 0 Å². The third-order valence-electron chi connectivity index (χ3n) is 3.31. The zero-order valence-electron chi connectivity index (χ0n) is 11.8. The molecule has 2 aromatic rings. The molecule has 3 nitrogen and oxygen atoms in total. The number of hydrogen-bond acceptors (Lipinski definition) is 3. The van der Waals surface area contributed by atoms with Gasteiger partial charge in [0.1, 0.15) is 0 Å². The highest BCUT2D eigenvalue weighted by molar-refractivity contribution is 5.71. The lowest BCUT2D eigenvalue weighted by Crippen LogP contribution is -2.29. The molecule has 0 aliphatic rings. The zero-order chi connectivity index (χ0) is 14.4. The number of methoxy groups -OCH3 is 1. The Kier molecular flexibility index (Phi) is 4.91. The minimum Gasteiger partial charge on any atom is -0.468 e. The number of benzene rings is 2. The molecule has 0 spiro atoms. The van der Waals surface area contributed by atoms with Crippen LogP contribution in [-0.2, 0) is 9.53 Å². The summed E-state index contributed by atoms with van der Waals surface area (Å²) in [5.41, 5.74) is 3.49. The number of hydrogen-bond donors (Lipinski definition) is 1. The van der Waals surface area contributed by atoms with Crippen molar-refractivity contribution in [1.29, 1.82) is 0 Å². The minimum absolute atomic E-state index is 0.0171. The van der Waals surface area contributed by atoms with Gasteiger partial charge in [-0.2, -0.15) is 0 Å². The fraction of sp³-hybridized carbons (Fsp3) is 0.235. The molecule has 0 bridgehead atoms. The van der Waals surface area contributed by atoms with Crippen LogP contribution in [0, 0.1) is 6.92 Å². The van der Waals surface area contributed by atoms with Crippen LogP contribution in [0.15, 0.2) is 54.6 Å². The van der Waals surface area contributed by atoms with Crippen LogP contribution in [0.1, 0.15) is 22.7 Å². The van der Waals surface area contributed by atoms with Gasteiger partial charge in [-0.3, -0.25) is 10.1 Å². The number of rotatable bonds is 5. The third kappa shape index (κ3) is 3.45. The van der Waals surface area contributed by atoms with Gasteiger partial charge in [-0.25, -0.2) is 0 Å². The normalized spacial score (nSPS) is 11.9. The van der Waals surface area contributed by atoms with Gasteiger partial charge in [-0.15, -0.1) is 0 Å². The molecule has 2 aromatic carbocycles. The monoisotopic (exact) mass is 269 g/mol. The molecule has 0 aliphatic heterocycles. The van der Waals surface area contributed by atoms with Crippen molar-refractivity contribution in [2.24, 2.45) is 0 Å². The maximum absolute atomic E-state index is 11.4. The smallest absolute Gasteiger partial charge is 0.319 e. The molecule has 0 saturated carbocycles. The number of esters is 1. The van der Waals surface area contributed by atoms with Crippen molar-refractivity contribution in [2.45, 2.75) is 13.0 Å². The van der Waals surface area contributed by atoms with Crippen LogP contribution in [-0.4, -0.2) is 19.6 Å². The van der Waals surface area contributed by atoms with E-state index in [2.05, 4.69) is 36.5 Å². The Morgan fingerprint density at radius 1 is 1.10 bits per heavy atom. The largest absolute Gasteiger partial charge is 0.468 e. The van der Waals surface area contributed by atoms with E-state index in [-0.39, 0.29) is 18.6 Å². The predicted molar refractivity (Wildman–Crippen MR) is 79.5 cm³/mol. The van der Waals surface area contributed by atoms with Gasteiger partial charge in [0.2, 0.25) is 0 Å². The van der Waals surface area contributed by atoms with Gasteiger partial charge in [0, 0.05) is 0 Å². The van der Waals surface area contributed by atoms with Crippen LogP contribution < -0.4 is 5.32 Å². The molecule has 0 amide bonds. The third-order valence-corrected chi connectivity index (χ3v) is 3.31. The molecule has 2 rings (SSSR count). The molecule has 104 valence electrons. The lowest BCUT2D eigenvalue weighted by Gasteiger charge is -2.21. The van der Waals surface area contributed by atoms with Crippen molar-refractivity contribution in [3.63, 3.8) is 0 Å². The maximum Gasteiger partial charge on any atom is 0.319 e. The minimum atomic E-state index is -0.264. The van der Waals surface area contributed by atoms with E-state index in [1.54, 1.807) is 0 Å². The highest BCUT2D eigenvalue weighted by Gasteiger charge is 2.16. The van der Waals surface area contributed by atoms with Crippen LogP contribution in [0.25, 0.3) is 0 Å². The number of ether oxygens (including phenoxy) is 1. The number of aryl methyl sites for hydroxylation is 1. The van der Waals surface area contributed by atoms with Crippen molar-refractivity contribution < 1.29 is 9.53 Å². The second-order valence-electron chi connectivity index (χ2n) is 4.66. The van der Waals surface area contributed by atoms with Gasteiger partial charge < -0.3 is 4.74 Å². The van der Waals surface area contributed by atoms with Crippen molar-refractivity contribution >= 4 is 5.97 Å². The van der Waals surface area contributed by atoms with Crippen LogP contribution in [0.5, 0.6) is 0 Å². The van der Waals surface area contributed by atoms with E-state index < -0.39 is 0 Å². The van der Waals surface area contributed by atoms with E-state index in [1.165, 1.54) is 18.2 Å². The van der Waals surface area contributed by atoms with Gasteiger partial charge in [-0.05, 0) is 23.6 Å². The fourth-order valence-electron chi connectivity index (χ4n) is 2.22. The zero-order valence-corrected chi connectivity index (χ0v) is 11.8. The molecule has 1 N–H and O–H groups in total. The summed E-state index contributed by atoms with van der Waals surface area (Å²) in [5.74, 6) is -0.264. The average Bonchev–Trinajstić information content (AvgIpc) is 2.50. The number of carbonyl (C=O) groups excluding carboxylic acids is 1. The first kappa shape index (κ1) is 14.3. The number of carbonyl (C=O) groups is 1. The summed E-state index contributed by atoms with van der Waals surface area (Å²) >= 11 is 0. The summed E-state index contributed by atoms with van der Waals surface area (Å²) in [6.45, 7) is 2.26. The number of nitrogens with one attached hydrogen (secondary N) is 1. The van der Waals surface area contributed by atoms with E-state index in [0.29, 0.717) is 0 Å². The molecular formula is C17H19NO2. The van der Waals surface area contributed by atoms with Gasteiger partial charge in [0.05, 0.1) is 19.7 Å². The molecular weight excluding hydrogens is 250 g/mol. The Hall–Kier alpha value is -2.13. The molecule has 0 saturated heterocycles. The maximum atomic E-state index is 11.4. The molecule has 1 atom stereocenters. The summed E-state index contributed by atoms with van der Waals surface area (Å²) in [6.07, 6.45) is 0. The van der Waals surface area contributed by atoms with E-state index in [1.807, 2.05) is 30.3 Å². The Labute approximate surface area is 119 Å². The lowest BCUT2D eigenvalue weighted by molar-refractivity contribution is -0.139. The van der Waals surface area contributed by atoms with Crippen molar-refractivity contribution in [1.82, 2.24) is 5.32 Å². The highest BCUT2D eigenvalue weighted by Crippen LogP contribution is 2.24. The standard InChI is InChI=1S/C17H19NO2/c1-13-8-6-7-11-15(13)17(18-12-16(19)20-2)14-9-4-3-5-10-14/h3-11,17-18H,12H2,1-2H3/t17-/m0/s1. The summed E-state index contributed by atoms with van der Waals surface area (Å²) < 4.78 is 4.70. The predicted octanol–water partition coefficient (Wildman–Crippen LogP) is 2.85. The molecule has 0 unspecified atom stereocenters. The molecule has 3 heteroatoms. The van der Waals surface area contributed by atoms with E-state index >= 15 is 0 Å². The molecule has 0 aliphatic carbocycles. The average molecular weight is 269 g/mol.